The Kier molecular flexibility index (Phi) is 3.40. The average molecular weight is 307 g/mol. The molecule has 0 aliphatic heterocycles. The number of hydrogen-bond donors (Lipinski definition) is 0. The molecule has 1 aromatic carbocycles. The highest BCUT2D eigenvalue weighted by Crippen LogP contribution is 2.25. The molecule has 0 bridgehead atoms. The molecule has 0 aliphatic carbocycles. The molecule has 0 saturated heterocycles. The number of fused-ring (bicyclic) bond motifs is 1. The zero-order valence-corrected chi connectivity index (χ0v) is 12.5. The zero-order valence-electron chi connectivity index (χ0n) is 11.7. The Morgan fingerprint density at radius 2 is 1.91 bits per heavy atom. The third-order valence-electron chi connectivity index (χ3n) is 3.37. The Labute approximate surface area is 131 Å². The first-order chi connectivity index (χ1) is 10.9. The van der Waals surface area contributed by atoms with Gasteiger partial charge in [0, 0.05) is 23.6 Å². The van der Waals surface area contributed by atoms with Gasteiger partial charge in [0.1, 0.15) is 0 Å². The predicted octanol–water partition coefficient (Wildman–Crippen LogP) is 4.28. The summed E-state index contributed by atoms with van der Waals surface area (Å²) in [5.74, 6) is 1.52. The molecule has 0 aliphatic rings. The van der Waals surface area contributed by atoms with Crippen LogP contribution in [-0.2, 0) is 5.75 Å². The van der Waals surface area contributed by atoms with E-state index < -0.39 is 0 Å². The first-order valence-electron chi connectivity index (χ1n) is 6.96. The minimum atomic E-state index is 0.727. The zero-order chi connectivity index (χ0) is 14.8. The molecule has 3 heterocycles. The molecule has 0 fully saturated rings. The van der Waals surface area contributed by atoms with Crippen LogP contribution >= 0.6 is 11.8 Å². The molecular formula is C17H13N3OS. The molecule has 3 aromatic heterocycles. The van der Waals surface area contributed by atoms with Crippen LogP contribution in [0.15, 0.2) is 76.7 Å². The molecule has 0 amide bonds. The van der Waals surface area contributed by atoms with E-state index in [2.05, 4.69) is 14.5 Å². The molecule has 5 heteroatoms. The van der Waals surface area contributed by atoms with Gasteiger partial charge in [-0.3, -0.25) is 4.40 Å². The maximum atomic E-state index is 5.42. The fraction of sp³-hybridized carbons (Fsp3) is 0.0588. The van der Waals surface area contributed by atoms with E-state index in [1.54, 1.807) is 11.8 Å². The Morgan fingerprint density at radius 1 is 1.05 bits per heavy atom. The molecule has 0 saturated carbocycles. The van der Waals surface area contributed by atoms with Crippen LogP contribution in [0.5, 0.6) is 0 Å². The molecule has 4 aromatic rings. The van der Waals surface area contributed by atoms with Gasteiger partial charge >= 0.3 is 0 Å². The Hall–Kier alpha value is -2.53. The van der Waals surface area contributed by atoms with Gasteiger partial charge in [0.2, 0.25) is 0 Å². The first-order valence-corrected chi connectivity index (χ1v) is 7.94. The Balaban J connectivity index is 1.52. The summed E-state index contributed by atoms with van der Waals surface area (Å²) in [5.41, 5.74) is 3.05. The molecule has 22 heavy (non-hydrogen) atoms. The highest BCUT2D eigenvalue weighted by Gasteiger charge is 2.09. The summed E-state index contributed by atoms with van der Waals surface area (Å²) >= 11 is 1.65. The summed E-state index contributed by atoms with van der Waals surface area (Å²) in [7, 11) is 0. The smallest absolute Gasteiger partial charge is 0.172 e. The topological polar surface area (TPSA) is 43.3 Å². The monoisotopic (exact) mass is 307 g/mol. The maximum Gasteiger partial charge on any atom is 0.172 e. The molecule has 108 valence electrons. The van der Waals surface area contributed by atoms with Crippen molar-refractivity contribution in [3.8, 4) is 11.3 Å². The van der Waals surface area contributed by atoms with E-state index in [1.807, 2.05) is 67.0 Å². The van der Waals surface area contributed by atoms with Crippen molar-refractivity contribution in [3.63, 3.8) is 0 Å². The average Bonchev–Trinajstić information content (AvgIpc) is 3.21. The van der Waals surface area contributed by atoms with Gasteiger partial charge in [0.15, 0.2) is 10.9 Å². The van der Waals surface area contributed by atoms with E-state index in [-0.39, 0.29) is 0 Å². The number of thioether (sulfide) groups is 1. The first kappa shape index (κ1) is 13.2. The number of pyridine rings is 1. The summed E-state index contributed by atoms with van der Waals surface area (Å²) in [6, 6.07) is 18.0. The van der Waals surface area contributed by atoms with Gasteiger partial charge in [-0.05, 0) is 12.1 Å². The van der Waals surface area contributed by atoms with Crippen LogP contribution in [0.1, 0.15) is 5.69 Å². The van der Waals surface area contributed by atoms with E-state index in [1.165, 1.54) is 0 Å². The minimum Gasteiger partial charge on any atom is -0.356 e. The molecule has 0 atom stereocenters. The second-order valence-corrected chi connectivity index (χ2v) is 5.82. The van der Waals surface area contributed by atoms with Crippen LogP contribution in [0, 0.1) is 0 Å². The standard InChI is InChI=1S/C17H13N3OS/c1-2-6-13(7-3-1)16-10-14(19-21-16)12-22-17-18-11-15-8-4-5-9-20(15)17/h1-11H,12H2. The number of rotatable bonds is 4. The lowest BCUT2D eigenvalue weighted by atomic mass is 10.2. The SMILES string of the molecule is c1ccc(-c2cc(CSc3ncc4ccccn34)no2)cc1. The van der Waals surface area contributed by atoms with Crippen molar-refractivity contribution in [2.75, 3.05) is 0 Å². The van der Waals surface area contributed by atoms with Gasteiger partial charge in [0.05, 0.1) is 17.4 Å². The molecule has 0 N–H and O–H groups in total. The van der Waals surface area contributed by atoms with Crippen molar-refractivity contribution in [1.82, 2.24) is 14.5 Å². The normalized spacial score (nSPS) is 11.1. The second kappa shape index (κ2) is 5.69. The number of nitrogens with zero attached hydrogens (tertiary/aromatic N) is 3. The van der Waals surface area contributed by atoms with E-state index in [0.29, 0.717) is 0 Å². The van der Waals surface area contributed by atoms with Gasteiger partial charge in [-0.15, -0.1) is 0 Å². The largest absolute Gasteiger partial charge is 0.356 e. The molecule has 0 spiro atoms. The molecule has 4 rings (SSSR count). The third kappa shape index (κ3) is 2.51. The molecule has 4 nitrogen and oxygen atoms in total. The van der Waals surface area contributed by atoms with Crippen LogP contribution in [0.25, 0.3) is 16.8 Å². The quantitative estimate of drug-likeness (QED) is 0.528. The lowest BCUT2D eigenvalue weighted by Gasteiger charge is -1.98. The summed E-state index contributed by atoms with van der Waals surface area (Å²) in [4.78, 5) is 4.44. The number of benzene rings is 1. The summed E-state index contributed by atoms with van der Waals surface area (Å²) in [6.07, 6.45) is 3.89. The van der Waals surface area contributed by atoms with Crippen LogP contribution in [0.2, 0.25) is 0 Å². The third-order valence-corrected chi connectivity index (χ3v) is 4.37. The maximum absolute atomic E-state index is 5.42. The lowest BCUT2D eigenvalue weighted by Crippen LogP contribution is -1.87. The fourth-order valence-corrected chi connectivity index (χ4v) is 3.13. The van der Waals surface area contributed by atoms with E-state index >= 15 is 0 Å². The summed E-state index contributed by atoms with van der Waals surface area (Å²) in [6.45, 7) is 0. The number of hydrogen-bond acceptors (Lipinski definition) is 4. The molecular weight excluding hydrogens is 294 g/mol. The lowest BCUT2D eigenvalue weighted by molar-refractivity contribution is 0.426. The predicted molar refractivity (Wildman–Crippen MR) is 86.7 cm³/mol. The van der Waals surface area contributed by atoms with Gasteiger partial charge in [-0.2, -0.15) is 0 Å². The van der Waals surface area contributed by atoms with E-state index in [9.17, 15) is 0 Å². The van der Waals surface area contributed by atoms with Crippen molar-refractivity contribution in [1.29, 1.82) is 0 Å². The van der Waals surface area contributed by atoms with Crippen molar-refractivity contribution in [3.05, 3.63) is 72.7 Å². The van der Waals surface area contributed by atoms with Gasteiger partial charge in [0.25, 0.3) is 0 Å². The van der Waals surface area contributed by atoms with Gasteiger partial charge < -0.3 is 4.52 Å². The van der Waals surface area contributed by atoms with E-state index in [0.717, 1.165) is 33.4 Å². The van der Waals surface area contributed by atoms with E-state index in [4.69, 9.17) is 4.52 Å². The Morgan fingerprint density at radius 3 is 2.82 bits per heavy atom. The van der Waals surface area contributed by atoms with Crippen LogP contribution in [-0.4, -0.2) is 14.5 Å². The molecule has 0 unspecified atom stereocenters. The Bertz CT molecular complexity index is 898. The summed E-state index contributed by atoms with van der Waals surface area (Å²) in [5, 5.41) is 5.10. The van der Waals surface area contributed by atoms with Crippen LogP contribution in [0.3, 0.4) is 0 Å². The van der Waals surface area contributed by atoms with Crippen molar-refractivity contribution < 1.29 is 4.52 Å². The highest BCUT2D eigenvalue weighted by molar-refractivity contribution is 7.98. The van der Waals surface area contributed by atoms with Gasteiger partial charge in [-0.25, -0.2) is 4.98 Å². The highest BCUT2D eigenvalue weighted by atomic mass is 32.2. The second-order valence-electron chi connectivity index (χ2n) is 4.87. The molecule has 0 radical (unpaired) electrons. The van der Waals surface area contributed by atoms with Crippen LogP contribution in [0.4, 0.5) is 0 Å². The van der Waals surface area contributed by atoms with Crippen molar-refractivity contribution >= 4 is 17.3 Å². The fourth-order valence-electron chi connectivity index (χ4n) is 2.28. The van der Waals surface area contributed by atoms with Crippen molar-refractivity contribution in [2.24, 2.45) is 0 Å². The number of aromatic nitrogens is 3. The number of imidazole rings is 1. The van der Waals surface area contributed by atoms with Gasteiger partial charge in [-0.1, -0.05) is 53.3 Å². The minimum absolute atomic E-state index is 0.727. The summed E-state index contributed by atoms with van der Waals surface area (Å²) < 4.78 is 7.49. The van der Waals surface area contributed by atoms with Crippen LogP contribution < -0.4 is 0 Å². The van der Waals surface area contributed by atoms with Crippen molar-refractivity contribution in [2.45, 2.75) is 10.9 Å².